The van der Waals surface area contributed by atoms with Gasteiger partial charge in [-0.15, -0.1) is 0 Å². The zero-order valence-corrected chi connectivity index (χ0v) is 9.35. The van der Waals surface area contributed by atoms with E-state index in [-0.39, 0.29) is 5.69 Å². The molecule has 0 radical (unpaired) electrons. The van der Waals surface area contributed by atoms with Crippen molar-refractivity contribution in [3.8, 4) is 11.8 Å². The van der Waals surface area contributed by atoms with Crippen molar-refractivity contribution >= 4 is 5.69 Å². The van der Waals surface area contributed by atoms with Gasteiger partial charge >= 0.3 is 0 Å². The van der Waals surface area contributed by atoms with Crippen molar-refractivity contribution in [1.82, 2.24) is 0 Å². The Labute approximate surface area is 93.4 Å². The average molecular weight is 220 g/mol. The molecule has 0 aliphatic rings. The van der Waals surface area contributed by atoms with E-state index in [1.54, 1.807) is 19.9 Å². The third-order valence-corrected chi connectivity index (χ3v) is 2.35. The molecular formula is C11H12N2O3. The summed E-state index contributed by atoms with van der Waals surface area (Å²) >= 11 is 0. The van der Waals surface area contributed by atoms with E-state index in [1.165, 1.54) is 19.2 Å². The second-order valence-corrected chi connectivity index (χ2v) is 3.88. The van der Waals surface area contributed by atoms with Crippen LogP contribution in [0.5, 0.6) is 5.75 Å². The zero-order valence-electron chi connectivity index (χ0n) is 9.35. The molecule has 0 bridgehead atoms. The molecule has 5 heteroatoms. The molecule has 0 amide bonds. The Bertz CT molecular complexity index is 461. The molecule has 0 saturated heterocycles. The lowest BCUT2D eigenvalue weighted by atomic mass is 9.85. The molecule has 0 aromatic heterocycles. The van der Waals surface area contributed by atoms with Crippen LogP contribution in [0, 0.1) is 21.4 Å². The maximum absolute atomic E-state index is 10.6. The van der Waals surface area contributed by atoms with Crippen LogP contribution < -0.4 is 4.74 Å². The molecule has 0 aliphatic heterocycles. The molecule has 1 aromatic rings. The Morgan fingerprint density at radius 2 is 2.12 bits per heavy atom. The number of nitro benzene ring substituents is 1. The minimum atomic E-state index is -0.736. The summed E-state index contributed by atoms with van der Waals surface area (Å²) in [4.78, 5) is 10.1. The molecule has 0 atom stereocenters. The number of benzene rings is 1. The molecule has 0 unspecified atom stereocenters. The molecule has 1 aromatic carbocycles. The molecular weight excluding hydrogens is 208 g/mol. The molecule has 84 valence electrons. The van der Waals surface area contributed by atoms with Gasteiger partial charge in [-0.05, 0) is 19.9 Å². The van der Waals surface area contributed by atoms with Gasteiger partial charge in [0.2, 0.25) is 0 Å². The van der Waals surface area contributed by atoms with Gasteiger partial charge in [-0.25, -0.2) is 0 Å². The summed E-state index contributed by atoms with van der Waals surface area (Å²) < 4.78 is 5.07. The van der Waals surface area contributed by atoms with Crippen LogP contribution in [-0.2, 0) is 5.41 Å². The van der Waals surface area contributed by atoms with Crippen molar-refractivity contribution in [3.05, 3.63) is 33.9 Å². The molecule has 0 saturated carbocycles. The lowest BCUT2D eigenvalue weighted by Crippen LogP contribution is -2.15. The van der Waals surface area contributed by atoms with E-state index in [0.29, 0.717) is 11.3 Å². The van der Waals surface area contributed by atoms with Crippen LogP contribution in [0.25, 0.3) is 0 Å². The minimum absolute atomic E-state index is 0.0469. The van der Waals surface area contributed by atoms with Crippen LogP contribution in [0.1, 0.15) is 19.4 Å². The summed E-state index contributed by atoms with van der Waals surface area (Å²) in [6, 6.07) is 6.39. The number of rotatable bonds is 3. The first kappa shape index (κ1) is 12.0. The number of ether oxygens (including phenoxy) is 1. The SMILES string of the molecule is COc1cc([N+](=O)[O-])ccc1C(C)(C)C#N. The maximum atomic E-state index is 10.6. The summed E-state index contributed by atoms with van der Waals surface area (Å²) in [6.45, 7) is 3.47. The predicted molar refractivity (Wildman–Crippen MR) is 58.3 cm³/mol. The number of methoxy groups -OCH3 is 1. The highest BCUT2D eigenvalue weighted by atomic mass is 16.6. The van der Waals surface area contributed by atoms with Gasteiger partial charge in [0.05, 0.1) is 29.6 Å². The summed E-state index contributed by atoms with van der Waals surface area (Å²) in [5.74, 6) is 0.362. The number of hydrogen-bond acceptors (Lipinski definition) is 4. The van der Waals surface area contributed by atoms with Gasteiger partial charge in [0.1, 0.15) is 5.75 Å². The lowest BCUT2D eigenvalue weighted by Gasteiger charge is -2.18. The number of nitriles is 1. The highest BCUT2D eigenvalue weighted by Crippen LogP contribution is 2.33. The fraction of sp³-hybridized carbons (Fsp3) is 0.364. The van der Waals surface area contributed by atoms with Crippen molar-refractivity contribution in [2.75, 3.05) is 7.11 Å². The second-order valence-electron chi connectivity index (χ2n) is 3.88. The van der Waals surface area contributed by atoms with Gasteiger partial charge in [-0.3, -0.25) is 10.1 Å². The average Bonchev–Trinajstić information content (AvgIpc) is 2.28. The summed E-state index contributed by atoms with van der Waals surface area (Å²) in [6.07, 6.45) is 0. The highest BCUT2D eigenvalue weighted by Gasteiger charge is 2.25. The van der Waals surface area contributed by atoms with Crippen LogP contribution in [-0.4, -0.2) is 12.0 Å². The Kier molecular flexibility index (Phi) is 3.14. The predicted octanol–water partition coefficient (Wildman–Crippen LogP) is 2.40. The number of nitrogens with zero attached hydrogens (tertiary/aromatic N) is 2. The molecule has 16 heavy (non-hydrogen) atoms. The second kappa shape index (κ2) is 4.19. The third kappa shape index (κ3) is 2.11. The van der Waals surface area contributed by atoms with Crippen LogP contribution in [0.3, 0.4) is 0 Å². The Hall–Kier alpha value is -2.09. The monoisotopic (exact) mass is 220 g/mol. The number of hydrogen-bond donors (Lipinski definition) is 0. The van der Waals surface area contributed by atoms with E-state index < -0.39 is 10.3 Å². The quantitative estimate of drug-likeness (QED) is 0.579. The van der Waals surface area contributed by atoms with Gasteiger partial charge in [-0.2, -0.15) is 5.26 Å². The minimum Gasteiger partial charge on any atom is -0.496 e. The van der Waals surface area contributed by atoms with E-state index in [1.807, 2.05) is 0 Å². The lowest BCUT2D eigenvalue weighted by molar-refractivity contribution is -0.384. The van der Waals surface area contributed by atoms with E-state index in [4.69, 9.17) is 10.00 Å². The van der Waals surface area contributed by atoms with Crippen molar-refractivity contribution < 1.29 is 9.66 Å². The van der Waals surface area contributed by atoms with E-state index in [9.17, 15) is 10.1 Å². The summed E-state index contributed by atoms with van der Waals surface area (Å²) in [7, 11) is 1.43. The van der Waals surface area contributed by atoms with Gasteiger partial charge in [0.15, 0.2) is 0 Å². The first-order valence-electron chi connectivity index (χ1n) is 4.66. The van der Waals surface area contributed by atoms with Crippen molar-refractivity contribution in [2.24, 2.45) is 0 Å². The maximum Gasteiger partial charge on any atom is 0.273 e. The van der Waals surface area contributed by atoms with Crippen molar-refractivity contribution in [3.63, 3.8) is 0 Å². The van der Waals surface area contributed by atoms with Gasteiger partial charge in [0, 0.05) is 11.6 Å². The molecule has 0 spiro atoms. The normalized spacial score (nSPS) is 10.6. The molecule has 0 N–H and O–H groups in total. The molecule has 0 aliphatic carbocycles. The van der Waals surface area contributed by atoms with E-state index in [0.717, 1.165) is 0 Å². The van der Waals surface area contributed by atoms with Crippen LogP contribution in [0.4, 0.5) is 5.69 Å². The standard InChI is InChI=1S/C11H12N2O3/c1-11(2,7-12)9-5-4-8(13(14)15)6-10(9)16-3/h4-6H,1-3H3. The topological polar surface area (TPSA) is 76.2 Å². The molecule has 5 nitrogen and oxygen atoms in total. The fourth-order valence-electron chi connectivity index (χ4n) is 1.37. The van der Waals surface area contributed by atoms with Gasteiger partial charge in [0.25, 0.3) is 5.69 Å². The fourth-order valence-corrected chi connectivity index (χ4v) is 1.37. The van der Waals surface area contributed by atoms with Gasteiger partial charge < -0.3 is 4.74 Å². The third-order valence-electron chi connectivity index (χ3n) is 2.35. The van der Waals surface area contributed by atoms with Crippen LogP contribution in [0.2, 0.25) is 0 Å². The smallest absolute Gasteiger partial charge is 0.273 e. The van der Waals surface area contributed by atoms with Gasteiger partial charge in [-0.1, -0.05) is 0 Å². The zero-order chi connectivity index (χ0) is 12.3. The largest absolute Gasteiger partial charge is 0.496 e. The first-order valence-corrected chi connectivity index (χ1v) is 4.66. The number of nitro groups is 1. The molecule has 1 rings (SSSR count). The van der Waals surface area contributed by atoms with Crippen LogP contribution >= 0.6 is 0 Å². The summed E-state index contributed by atoms with van der Waals surface area (Å²) in [5, 5.41) is 19.6. The number of non-ortho nitro benzene ring substituents is 1. The first-order chi connectivity index (χ1) is 7.42. The van der Waals surface area contributed by atoms with Crippen LogP contribution in [0.15, 0.2) is 18.2 Å². The Morgan fingerprint density at radius 3 is 2.56 bits per heavy atom. The van der Waals surface area contributed by atoms with Crippen molar-refractivity contribution in [1.29, 1.82) is 5.26 Å². The van der Waals surface area contributed by atoms with E-state index in [2.05, 4.69) is 6.07 Å². The Balaban J connectivity index is 3.34. The molecule has 0 heterocycles. The Morgan fingerprint density at radius 1 is 1.50 bits per heavy atom. The van der Waals surface area contributed by atoms with E-state index >= 15 is 0 Å². The molecule has 0 fully saturated rings. The van der Waals surface area contributed by atoms with Crippen molar-refractivity contribution in [2.45, 2.75) is 19.3 Å². The highest BCUT2D eigenvalue weighted by molar-refractivity contribution is 5.49. The summed E-state index contributed by atoms with van der Waals surface area (Å²) in [5.41, 5.74) is -0.141.